The average molecular weight is 529 g/mol. The number of aromatic nitrogens is 4. The molecule has 0 saturated carbocycles. The first-order chi connectivity index (χ1) is 14.0. The van der Waals surface area contributed by atoms with Crippen LogP contribution in [0.4, 0.5) is 0 Å². The van der Waals surface area contributed by atoms with Crippen molar-refractivity contribution in [3.8, 4) is 5.88 Å². The molecule has 2 aromatic rings. The second-order valence-corrected chi connectivity index (χ2v) is 7.48. The van der Waals surface area contributed by atoms with Crippen LogP contribution in [0.1, 0.15) is 52.4 Å². The summed E-state index contributed by atoms with van der Waals surface area (Å²) in [6, 6.07) is 3.94. The Balaban J connectivity index is 0.00000450. The molecule has 0 fully saturated rings. The highest BCUT2D eigenvalue weighted by Crippen LogP contribution is 2.15. The molecule has 0 bridgehead atoms. The van der Waals surface area contributed by atoms with Crippen LogP contribution in [-0.4, -0.2) is 44.9 Å². The summed E-state index contributed by atoms with van der Waals surface area (Å²) in [5, 5.41) is 14.7. The van der Waals surface area contributed by atoms with Crippen molar-refractivity contribution in [2.45, 2.75) is 66.7 Å². The van der Waals surface area contributed by atoms with Gasteiger partial charge in [-0.1, -0.05) is 20.8 Å². The number of halogens is 1. The molecular formula is C21H36IN7O. The second kappa shape index (κ2) is 14.2. The van der Waals surface area contributed by atoms with Gasteiger partial charge in [-0.25, -0.2) is 9.98 Å². The Bertz CT molecular complexity index is 763. The van der Waals surface area contributed by atoms with Crippen LogP contribution in [0.15, 0.2) is 29.6 Å². The number of aliphatic imine (C=N–C) groups is 1. The molecule has 1 atom stereocenters. The average Bonchev–Trinajstić information content (AvgIpc) is 3.13. The van der Waals surface area contributed by atoms with Gasteiger partial charge in [0.25, 0.3) is 0 Å². The molecule has 0 spiro atoms. The molecule has 0 radical (unpaired) electrons. The van der Waals surface area contributed by atoms with E-state index in [1.54, 1.807) is 12.5 Å². The highest BCUT2D eigenvalue weighted by Gasteiger charge is 2.08. The smallest absolute Gasteiger partial charge is 0.213 e. The van der Waals surface area contributed by atoms with Gasteiger partial charge in [0.05, 0.1) is 12.6 Å². The summed E-state index contributed by atoms with van der Waals surface area (Å²) in [5.41, 5.74) is 1.07. The van der Waals surface area contributed by atoms with Crippen molar-refractivity contribution in [1.29, 1.82) is 0 Å². The van der Waals surface area contributed by atoms with Gasteiger partial charge in [0, 0.05) is 38.3 Å². The fraction of sp³-hybridized carbons (Fsp3) is 0.619. The monoisotopic (exact) mass is 529 g/mol. The molecule has 0 aliphatic carbocycles. The first-order valence-corrected chi connectivity index (χ1v) is 10.5. The maximum atomic E-state index is 5.94. The maximum absolute atomic E-state index is 5.94. The van der Waals surface area contributed by atoms with E-state index in [1.807, 2.05) is 12.1 Å². The molecule has 168 valence electrons. The van der Waals surface area contributed by atoms with Crippen LogP contribution >= 0.6 is 24.0 Å². The molecule has 0 aromatic carbocycles. The minimum Gasteiger partial charge on any atom is -0.475 e. The molecule has 30 heavy (non-hydrogen) atoms. The predicted molar refractivity (Wildman–Crippen MR) is 131 cm³/mol. The van der Waals surface area contributed by atoms with Crippen molar-refractivity contribution in [3.63, 3.8) is 0 Å². The third kappa shape index (κ3) is 9.27. The van der Waals surface area contributed by atoms with E-state index in [1.165, 1.54) is 0 Å². The first-order valence-electron chi connectivity index (χ1n) is 10.5. The molecule has 2 N–H and O–H groups in total. The molecule has 0 aliphatic rings. The van der Waals surface area contributed by atoms with E-state index in [0.717, 1.165) is 49.8 Å². The van der Waals surface area contributed by atoms with Gasteiger partial charge in [0.2, 0.25) is 5.88 Å². The van der Waals surface area contributed by atoms with Gasteiger partial charge < -0.3 is 19.9 Å². The molecule has 0 aliphatic heterocycles. The molecule has 2 heterocycles. The van der Waals surface area contributed by atoms with E-state index in [4.69, 9.17) is 4.74 Å². The van der Waals surface area contributed by atoms with Gasteiger partial charge in [0.1, 0.15) is 12.2 Å². The number of pyridine rings is 1. The van der Waals surface area contributed by atoms with Crippen molar-refractivity contribution in [2.75, 3.05) is 13.1 Å². The van der Waals surface area contributed by atoms with Crippen molar-refractivity contribution >= 4 is 29.9 Å². The van der Waals surface area contributed by atoms with E-state index in [9.17, 15) is 0 Å². The largest absolute Gasteiger partial charge is 0.475 e. The summed E-state index contributed by atoms with van der Waals surface area (Å²) in [4.78, 5) is 9.01. The van der Waals surface area contributed by atoms with Gasteiger partial charge >= 0.3 is 0 Å². The first kappa shape index (κ1) is 26.1. The lowest BCUT2D eigenvalue weighted by Gasteiger charge is -2.16. The van der Waals surface area contributed by atoms with Crippen molar-refractivity contribution < 1.29 is 4.74 Å². The Hall–Kier alpha value is -1.91. The number of hydrogen-bond acceptors (Lipinski definition) is 5. The van der Waals surface area contributed by atoms with Crippen LogP contribution in [-0.2, 0) is 19.5 Å². The van der Waals surface area contributed by atoms with Gasteiger partial charge in [-0.15, -0.1) is 34.2 Å². The van der Waals surface area contributed by atoms with E-state index in [2.05, 4.69) is 70.0 Å². The summed E-state index contributed by atoms with van der Waals surface area (Å²) < 4.78 is 8.00. The van der Waals surface area contributed by atoms with Crippen molar-refractivity contribution in [2.24, 2.45) is 10.9 Å². The lowest BCUT2D eigenvalue weighted by atomic mass is 10.1. The number of nitrogens with zero attached hydrogens (tertiary/aromatic N) is 5. The summed E-state index contributed by atoms with van der Waals surface area (Å²) >= 11 is 0. The van der Waals surface area contributed by atoms with E-state index < -0.39 is 0 Å². The molecule has 9 heteroatoms. The molecule has 8 nitrogen and oxygen atoms in total. The maximum Gasteiger partial charge on any atom is 0.213 e. The minimum atomic E-state index is 0. The molecular weight excluding hydrogens is 493 g/mol. The summed E-state index contributed by atoms with van der Waals surface area (Å²) in [5.74, 6) is 3.03. The number of nitrogens with one attached hydrogen (secondary N) is 2. The van der Waals surface area contributed by atoms with Gasteiger partial charge in [-0.2, -0.15) is 0 Å². The Morgan fingerprint density at radius 2 is 2.03 bits per heavy atom. The zero-order valence-electron chi connectivity index (χ0n) is 18.8. The van der Waals surface area contributed by atoms with E-state index >= 15 is 0 Å². The van der Waals surface area contributed by atoms with Gasteiger partial charge in [-0.3, -0.25) is 0 Å². The van der Waals surface area contributed by atoms with Crippen molar-refractivity contribution in [1.82, 2.24) is 30.4 Å². The minimum absolute atomic E-state index is 0. The predicted octanol–water partition coefficient (Wildman–Crippen LogP) is 3.42. The van der Waals surface area contributed by atoms with E-state index in [-0.39, 0.29) is 30.1 Å². The van der Waals surface area contributed by atoms with Crippen LogP contribution in [0.5, 0.6) is 5.88 Å². The molecule has 2 aromatic heterocycles. The fourth-order valence-corrected chi connectivity index (χ4v) is 3.08. The van der Waals surface area contributed by atoms with Crippen LogP contribution in [0.25, 0.3) is 0 Å². The molecule has 0 amide bonds. The molecule has 0 saturated heterocycles. The summed E-state index contributed by atoms with van der Waals surface area (Å²) in [6.07, 6.45) is 5.57. The van der Waals surface area contributed by atoms with E-state index in [0.29, 0.717) is 18.3 Å². The zero-order chi connectivity index (χ0) is 21.1. The lowest BCUT2D eigenvalue weighted by Crippen LogP contribution is -2.38. The quantitative estimate of drug-likeness (QED) is 0.264. The normalized spacial score (nSPS) is 12.4. The third-order valence-electron chi connectivity index (χ3n) is 4.35. The highest BCUT2D eigenvalue weighted by atomic mass is 127. The lowest BCUT2D eigenvalue weighted by molar-refractivity contribution is 0.185. The summed E-state index contributed by atoms with van der Waals surface area (Å²) in [6.45, 7) is 13.5. The second-order valence-electron chi connectivity index (χ2n) is 7.48. The fourth-order valence-electron chi connectivity index (χ4n) is 3.08. The Morgan fingerprint density at radius 3 is 2.73 bits per heavy atom. The Kier molecular flexibility index (Phi) is 12.3. The number of guanidine groups is 1. The van der Waals surface area contributed by atoms with Crippen molar-refractivity contribution in [3.05, 3.63) is 36.0 Å². The third-order valence-corrected chi connectivity index (χ3v) is 4.35. The standard InChI is InChI=1S/C21H35N7O.HI/c1-6-19-27-26-15-28(19)11-10-24-21(22-7-2)25-14-18-8-9-23-20(13-18)29-17(5)12-16(3)4;/h8-9,13,15-17H,6-7,10-12,14H2,1-5H3,(H2,22,24,25);1H. The van der Waals surface area contributed by atoms with Crippen LogP contribution in [0.2, 0.25) is 0 Å². The SMILES string of the molecule is CCNC(=NCc1ccnc(OC(C)CC(C)C)c1)NCCn1cnnc1CC.I. The number of hydrogen-bond donors (Lipinski definition) is 2. The Morgan fingerprint density at radius 1 is 1.23 bits per heavy atom. The van der Waals surface area contributed by atoms with Crippen LogP contribution in [0, 0.1) is 5.92 Å². The van der Waals surface area contributed by atoms with Gasteiger partial charge in [-0.05, 0) is 37.8 Å². The summed E-state index contributed by atoms with van der Waals surface area (Å²) in [7, 11) is 0. The number of aryl methyl sites for hydroxylation is 1. The number of ether oxygens (including phenoxy) is 1. The Labute approximate surface area is 197 Å². The zero-order valence-corrected chi connectivity index (χ0v) is 21.1. The van der Waals surface area contributed by atoms with Gasteiger partial charge in [0.15, 0.2) is 5.96 Å². The molecule has 2 rings (SSSR count). The van der Waals surface area contributed by atoms with Crippen LogP contribution < -0.4 is 15.4 Å². The highest BCUT2D eigenvalue weighted by molar-refractivity contribution is 14.0. The van der Waals surface area contributed by atoms with Crippen LogP contribution in [0.3, 0.4) is 0 Å². The molecule has 1 unspecified atom stereocenters. The number of rotatable bonds is 11. The topological polar surface area (TPSA) is 89.3 Å².